The van der Waals surface area contributed by atoms with Gasteiger partial charge < -0.3 is 4.57 Å². The molecule has 58 heavy (non-hydrogen) atoms. The summed E-state index contributed by atoms with van der Waals surface area (Å²) in [6.45, 7) is 7.85. The van der Waals surface area contributed by atoms with Gasteiger partial charge in [0, 0.05) is 47.6 Å². The van der Waals surface area contributed by atoms with Gasteiger partial charge in [-0.25, -0.2) is 19.8 Å². The van der Waals surface area contributed by atoms with Gasteiger partial charge in [-0.2, -0.15) is 0 Å². The van der Waals surface area contributed by atoms with Crippen LogP contribution in [0.25, 0.3) is 109 Å². The minimum absolute atomic E-state index is 0.584. The molecular weight excluding hydrogens is 727 g/mol. The summed E-state index contributed by atoms with van der Waals surface area (Å²) in [5, 5.41) is 4.72. The second-order valence-electron chi connectivity index (χ2n) is 14.3. The third kappa shape index (κ3) is 5.56. The molecule has 0 aliphatic carbocycles. The average Bonchev–Trinajstić information content (AvgIpc) is 3.85. The first-order chi connectivity index (χ1) is 28.7. The highest BCUT2D eigenvalue weighted by Crippen LogP contribution is 2.44. The Labute approximate surface area is 338 Å². The topological polar surface area (TPSA) is 48.0 Å². The van der Waals surface area contributed by atoms with Gasteiger partial charge in [0.2, 0.25) is 0 Å². The molecule has 0 aliphatic rings. The molecule has 0 N–H and O–H groups in total. The van der Waals surface area contributed by atoms with Gasteiger partial charge in [0.1, 0.15) is 0 Å². The molecule has 3 heterocycles. The zero-order chi connectivity index (χ0) is 38.6. The highest BCUT2D eigenvalue weighted by molar-refractivity contribution is 7.25. The van der Waals surface area contributed by atoms with E-state index in [1.165, 1.54) is 20.2 Å². The van der Waals surface area contributed by atoms with Gasteiger partial charge in [0.05, 0.1) is 23.3 Å². The van der Waals surface area contributed by atoms with E-state index >= 15 is 0 Å². The number of para-hydroxylation sites is 2. The molecule has 0 amide bonds. The maximum absolute atomic E-state index is 7.85. The number of nitrogens with zero attached hydrogens (tertiary/aromatic N) is 5. The molecule has 11 rings (SSSR count). The molecule has 0 saturated carbocycles. The predicted octanol–water partition coefficient (Wildman–Crippen LogP) is 14.2. The summed E-state index contributed by atoms with van der Waals surface area (Å²) >= 11 is 1.82. The largest absolute Gasteiger partial charge is 0.309 e. The number of fused-ring (bicyclic) bond motifs is 6. The summed E-state index contributed by atoms with van der Waals surface area (Å²) in [5.41, 5.74) is 10.6. The first-order valence-corrected chi connectivity index (χ1v) is 20.0. The van der Waals surface area contributed by atoms with Crippen LogP contribution in [0.4, 0.5) is 5.69 Å². The molecule has 0 spiro atoms. The van der Waals surface area contributed by atoms with Crippen molar-refractivity contribution in [2.75, 3.05) is 0 Å². The van der Waals surface area contributed by atoms with Crippen molar-refractivity contribution < 1.29 is 0 Å². The van der Waals surface area contributed by atoms with E-state index in [2.05, 4.69) is 113 Å². The van der Waals surface area contributed by atoms with Crippen LogP contribution >= 0.6 is 11.3 Å². The lowest BCUT2D eigenvalue weighted by atomic mass is 9.96. The highest BCUT2D eigenvalue weighted by Gasteiger charge is 2.22. The van der Waals surface area contributed by atoms with Crippen molar-refractivity contribution in [2.45, 2.75) is 0 Å². The molecule has 0 atom stereocenters. The SMILES string of the molecule is [C-]#[N+]c1ccccc1-c1ccc2c(c1)c1ccccc1n2-c1ccc(-c2cccc3sc4ccccc4c23)cc1-c1nc(-c2ccccc2)nc(-c2ccccc2)n1. The Morgan fingerprint density at radius 3 is 1.78 bits per heavy atom. The number of rotatable bonds is 6. The van der Waals surface area contributed by atoms with Gasteiger partial charge >= 0.3 is 0 Å². The van der Waals surface area contributed by atoms with E-state index in [0.717, 1.165) is 66.4 Å². The van der Waals surface area contributed by atoms with Crippen molar-refractivity contribution in [3.05, 3.63) is 199 Å². The number of benzene rings is 8. The van der Waals surface area contributed by atoms with Crippen LogP contribution in [0, 0.1) is 6.57 Å². The smallest absolute Gasteiger partial charge is 0.194 e. The Kier molecular flexibility index (Phi) is 7.99. The maximum atomic E-state index is 7.85. The fourth-order valence-corrected chi connectivity index (χ4v) is 9.37. The summed E-state index contributed by atoms with van der Waals surface area (Å²) in [5.74, 6) is 1.80. The summed E-state index contributed by atoms with van der Waals surface area (Å²) < 4.78 is 4.85. The van der Waals surface area contributed by atoms with Crippen LogP contribution in [0.5, 0.6) is 0 Å². The maximum Gasteiger partial charge on any atom is 0.194 e. The van der Waals surface area contributed by atoms with Crippen LogP contribution in [-0.2, 0) is 0 Å². The molecule has 0 unspecified atom stereocenters. The molecule has 0 aliphatic heterocycles. The summed E-state index contributed by atoms with van der Waals surface area (Å²) in [7, 11) is 0. The Bertz CT molecular complexity index is 3360. The van der Waals surface area contributed by atoms with Crippen LogP contribution in [0.15, 0.2) is 188 Å². The molecule has 0 radical (unpaired) electrons. The number of aromatic nitrogens is 4. The van der Waals surface area contributed by atoms with E-state index in [1.54, 1.807) is 0 Å². The Hall–Kier alpha value is -7.72. The van der Waals surface area contributed by atoms with E-state index in [1.807, 2.05) is 96.3 Å². The fraction of sp³-hybridized carbons (Fsp3) is 0. The normalized spacial score (nSPS) is 11.4. The van der Waals surface area contributed by atoms with Gasteiger partial charge in [-0.15, -0.1) is 11.3 Å². The lowest BCUT2D eigenvalue weighted by Crippen LogP contribution is -2.04. The fourth-order valence-electron chi connectivity index (χ4n) is 8.24. The van der Waals surface area contributed by atoms with Crippen molar-refractivity contribution in [2.24, 2.45) is 0 Å². The molecule has 270 valence electrons. The van der Waals surface area contributed by atoms with Crippen LogP contribution < -0.4 is 0 Å². The number of hydrogen-bond acceptors (Lipinski definition) is 4. The lowest BCUT2D eigenvalue weighted by molar-refractivity contribution is 1.06. The Balaban J connectivity index is 1.22. The van der Waals surface area contributed by atoms with E-state index in [4.69, 9.17) is 21.5 Å². The van der Waals surface area contributed by atoms with Gasteiger partial charge in [0.15, 0.2) is 23.2 Å². The monoisotopic (exact) mass is 757 g/mol. The number of hydrogen-bond donors (Lipinski definition) is 0. The van der Waals surface area contributed by atoms with Crippen molar-refractivity contribution in [1.29, 1.82) is 0 Å². The third-order valence-corrected chi connectivity index (χ3v) is 12.0. The molecule has 5 nitrogen and oxygen atoms in total. The molecular formula is C52H31N5S. The molecule has 0 fully saturated rings. The molecule has 6 heteroatoms. The first-order valence-electron chi connectivity index (χ1n) is 19.1. The molecule has 3 aromatic heterocycles. The Morgan fingerprint density at radius 1 is 0.414 bits per heavy atom. The van der Waals surface area contributed by atoms with E-state index in [-0.39, 0.29) is 0 Å². The zero-order valence-corrected chi connectivity index (χ0v) is 31.9. The third-order valence-electron chi connectivity index (χ3n) is 10.9. The molecule has 11 aromatic rings. The minimum Gasteiger partial charge on any atom is -0.309 e. The summed E-state index contributed by atoms with van der Waals surface area (Å²) in [4.78, 5) is 19.4. The number of thiophene rings is 1. The summed E-state index contributed by atoms with van der Waals surface area (Å²) in [6, 6.07) is 65.1. The van der Waals surface area contributed by atoms with E-state index in [9.17, 15) is 0 Å². The van der Waals surface area contributed by atoms with Gasteiger partial charge in [-0.1, -0.05) is 146 Å². The molecule has 0 saturated heterocycles. The van der Waals surface area contributed by atoms with Crippen LogP contribution in [0.3, 0.4) is 0 Å². The summed E-state index contributed by atoms with van der Waals surface area (Å²) in [6.07, 6.45) is 0. The lowest BCUT2D eigenvalue weighted by Gasteiger charge is -2.17. The minimum atomic E-state index is 0.584. The second kappa shape index (κ2) is 13.8. The van der Waals surface area contributed by atoms with Crippen LogP contribution in [0.1, 0.15) is 0 Å². The van der Waals surface area contributed by atoms with Gasteiger partial charge in [-0.3, -0.25) is 0 Å². The van der Waals surface area contributed by atoms with Crippen molar-refractivity contribution in [1.82, 2.24) is 19.5 Å². The van der Waals surface area contributed by atoms with E-state index < -0.39 is 0 Å². The van der Waals surface area contributed by atoms with Crippen LogP contribution in [0.2, 0.25) is 0 Å². The van der Waals surface area contributed by atoms with Gasteiger partial charge in [-0.05, 0) is 64.7 Å². The Morgan fingerprint density at radius 2 is 1.00 bits per heavy atom. The van der Waals surface area contributed by atoms with Crippen molar-refractivity contribution in [3.8, 4) is 62.1 Å². The first kappa shape index (κ1) is 33.6. The highest BCUT2D eigenvalue weighted by atomic mass is 32.1. The predicted molar refractivity (Wildman–Crippen MR) is 240 cm³/mol. The van der Waals surface area contributed by atoms with Crippen molar-refractivity contribution in [3.63, 3.8) is 0 Å². The zero-order valence-electron chi connectivity index (χ0n) is 31.0. The second-order valence-corrected chi connectivity index (χ2v) is 15.3. The quantitative estimate of drug-likeness (QED) is 0.159. The van der Waals surface area contributed by atoms with E-state index in [0.29, 0.717) is 23.2 Å². The van der Waals surface area contributed by atoms with Gasteiger partial charge in [0.25, 0.3) is 0 Å². The molecule has 0 bridgehead atoms. The average molecular weight is 758 g/mol. The van der Waals surface area contributed by atoms with Crippen LogP contribution in [-0.4, -0.2) is 19.5 Å². The van der Waals surface area contributed by atoms with Crippen molar-refractivity contribution >= 4 is 59.0 Å². The molecule has 8 aromatic carbocycles. The standard InChI is InChI=1S/C52H31N5S/c1-53-43-23-11-8-19-37(43)35-27-29-45-41(31-35)39-20-9-12-24-44(39)57(45)46-30-28-36(38-22-14-26-48-49(38)40-21-10-13-25-47(40)58-48)32-42(46)52-55-50(33-15-4-2-5-16-33)54-51(56-52)34-17-6-3-7-18-34/h2-32H.